The van der Waals surface area contributed by atoms with Crippen molar-refractivity contribution >= 4 is 106 Å². The smallest absolute Gasteiger partial charge is 0.328 e. The third-order valence-electron chi connectivity index (χ3n) is 23.5. The van der Waals surface area contributed by atoms with Crippen molar-refractivity contribution in [2.75, 3.05) is 66.6 Å². The highest BCUT2D eigenvalue weighted by Crippen LogP contribution is 2.40. The molecular weight excluding hydrogens is 1700 g/mol. The first-order chi connectivity index (χ1) is 65.0. The number of phenolic OH excluding ortho intramolecular Hbond substituents is 2. The van der Waals surface area contributed by atoms with Crippen molar-refractivity contribution in [3.63, 3.8) is 0 Å². The van der Waals surface area contributed by atoms with Gasteiger partial charge in [0.05, 0.1) is 37.0 Å². The molecule has 134 heavy (non-hydrogen) atoms. The second-order valence-electron chi connectivity index (χ2n) is 33.2. The number of hydrogen-bond donors (Lipinski definition) is 18. The second kappa shape index (κ2) is 51.1. The van der Waals surface area contributed by atoms with E-state index in [1.54, 1.807) is 121 Å². The van der Waals surface area contributed by atoms with Crippen molar-refractivity contribution in [1.82, 2.24) is 62.5 Å². The third-order valence-corrected chi connectivity index (χ3v) is 23.5. The number of hydrogen-bond acceptors (Lipinski definition) is 22. The molecule has 8 bridgehead atoms. The molecule has 5 heterocycles. The summed E-state index contributed by atoms with van der Waals surface area (Å²) in [5.41, 5.74) is 45.5. The number of unbranched alkanes of at least 4 members (excludes halogenated alkanes) is 8. The molecule has 0 aliphatic carbocycles. The molecule has 6 atom stereocenters. The van der Waals surface area contributed by atoms with E-state index in [-0.39, 0.29) is 71.3 Å². The minimum absolute atomic E-state index is 0.00826. The molecule has 0 saturated carbocycles. The minimum Gasteiger partial charge on any atom is -0.508 e. The fourth-order valence-corrected chi connectivity index (χ4v) is 16.1. The second-order valence-corrected chi connectivity index (χ2v) is 33.2. The molecule has 6 aromatic carbocycles. The monoisotopic (exact) mass is 1820 g/mol. The molecule has 706 valence electrons. The third kappa shape index (κ3) is 28.0. The van der Waals surface area contributed by atoms with Gasteiger partial charge in [-0.3, -0.25) is 38.4 Å². The Hall–Kier alpha value is -14.0. The maximum absolute atomic E-state index is 14.8. The fourth-order valence-electron chi connectivity index (χ4n) is 16.1. The molecule has 32 nitrogen and oxygen atoms in total. The summed E-state index contributed by atoms with van der Waals surface area (Å²) in [5, 5.41) is 43.8. The number of aromatic hydroxyl groups is 2. The normalized spacial score (nSPS) is 12.8. The van der Waals surface area contributed by atoms with Gasteiger partial charge in [-0.15, -0.1) is 0 Å². The number of fused-ring (bicyclic) bond motifs is 8. The maximum atomic E-state index is 14.8. The first-order valence-electron chi connectivity index (χ1n) is 46.0. The van der Waals surface area contributed by atoms with Gasteiger partial charge in [-0.1, -0.05) is 85.6 Å². The van der Waals surface area contributed by atoms with E-state index >= 15 is 0 Å². The predicted molar refractivity (Wildman–Crippen MR) is 521 cm³/mol. The van der Waals surface area contributed by atoms with Gasteiger partial charge in [0.2, 0.25) is 23.6 Å². The van der Waals surface area contributed by atoms with Crippen molar-refractivity contribution in [1.29, 1.82) is 0 Å². The number of aromatic amines is 2. The number of aromatic nitrogens is 4. The first-order valence-corrected chi connectivity index (χ1v) is 46.0. The molecule has 0 fully saturated rings. The van der Waals surface area contributed by atoms with E-state index in [1.165, 1.54) is 38.5 Å². The Balaban J connectivity index is 1.08. The Morgan fingerprint density at radius 3 is 0.813 bits per heavy atom. The topological polar surface area (TPSA) is 539 Å². The van der Waals surface area contributed by atoms with Crippen molar-refractivity contribution in [2.24, 2.45) is 34.4 Å². The summed E-state index contributed by atoms with van der Waals surface area (Å²) in [6, 6.07) is 41.1. The zero-order chi connectivity index (χ0) is 95.4. The number of rotatable bonds is 50. The summed E-state index contributed by atoms with van der Waals surface area (Å²) in [7, 11) is 2.44. The van der Waals surface area contributed by atoms with Crippen LogP contribution >= 0.6 is 0 Å². The fraction of sp³-hybridized carbons (Fsp3) is 0.353. The largest absolute Gasteiger partial charge is 0.508 e. The van der Waals surface area contributed by atoms with Crippen molar-refractivity contribution < 1.29 is 67.6 Å². The Morgan fingerprint density at radius 1 is 0.299 bits per heavy atom. The SMILES string of the molecule is COC(=O)[C@H](CCCCN)NC(=O)[C@H](Cc1ccc(O)cc1)NC(=O)c1ccc(-c2c3nc(c(-c4ccc(C(=O)N[C@@H](CCCCN)C(=O)NCCCCCN)cc4)c4ccc([nH]4)c(-c4ccc(C(=O)N[C@@H](CCCCN)C(=O)NCCCCCN)cc4)c4nc(c(-c5ccc(C(=O)N[C@@H](Cc6ccc(O)cc6)C(=O)N[C@@H](CCCCN)C(=O)OC)cc5)c5ccc2[nH]5)C=C4)C=C3)cc1. The first kappa shape index (κ1) is 101. The van der Waals surface area contributed by atoms with E-state index in [9.17, 15) is 58.2 Å². The van der Waals surface area contributed by atoms with Crippen LogP contribution in [-0.2, 0) is 51.1 Å². The number of nitrogens with zero attached hydrogens (tertiary/aromatic N) is 2. The highest BCUT2D eigenvalue weighted by molar-refractivity contribution is 6.05. The molecule has 0 saturated heterocycles. The number of phenols is 2. The Labute approximate surface area is 779 Å². The average molecular weight is 1830 g/mol. The van der Waals surface area contributed by atoms with Crippen molar-refractivity contribution in [3.8, 4) is 56.0 Å². The number of carbonyl (C=O) groups excluding carboxylic acids is 10. The number of esters is 2. The highest BCUT2D eigenvalue weighted by Gasteiger charge is 2.32. The lowest BCUT2D eigenvalue weighted by Crippen LogP contribution is -2.52. The quantitative estimate of drug-likeness (QED) is 0.0124. The number of nitrogens with one attached hydrogen (secondary N) is 10. The highest BCUT2D eigenvalue weighted by atomic mass is 16.5. The molecular formula is C102H124N18O14. The summed E-state index contributed by atoms with van der Waals surface area (Å²) < 4.78 is 10.2. The van der Waals surface area contributed by atoms with E-state index in [4.69, 9.17) is 53.8 Å². The van der Waals surface area contributed by atoms with E-state index in [0.717, 1.165) is 38.5 Å². The van der Waals surface area contributed by atoms with Crippen molar-refractivity contribution in [3.05, 3.63) is 226 Å². The van der Waals surface area contributed by atoms with Crippen molar-refractivity contribution in [2.45, 2.75) is 165 Å². The number of amides is 8. The lowest BCUT2D eigenvalue weighted by Gasteiger charge is -2.22. The van der Waals surface area contributed by atoms with E-state index in [1.807, 2.05) is 48.6 Å². The van der Waals surface area contributed by atoms with Gasteiger partial charge in [0.1, 0.15) is 47.8 Å². The number of nitrogens with two attached hydrogens (primary N) is 6. The number of methoxy groups -OCH3 is 2. The standard InChI is InChI=1S/C102H124N18O14/c1-133-101(131)85(19-7-13-57-107)117-99(129)87(61-63-21-41-73(121)42-22-63)119-95(125)71-37-29-67(30-38-71)91-79-49-47-77(112-79)89(65-25-33-69(34-26-65)93(123)115-83(17-5-11-55-105)97(127)109-59-15-3-9-53-103)75-45-46-76(111-75)90(66-27-35-70(36-28-66)94(124)116-84(18-6-12-56-106)98(128)110-60-16-4-10-54-104)78-48-50-80(113-78)92(82-52-51-81(91)114-82)68-31-39-72(40-32-68)96(126)120-88(62-64-23-43-74(122)44-24-64)100(130)118-86(102(132)134-2)20-8-14-58-108/h21-52,83-88,111,114,121-122H,3-20,53-62,103-108H2,1-2H3,(H,109,127)(H,110,128)(H,115,123)(H,116,124)(H,117,129)(H,118,130)(H,119,125)(H,120,126)/t83-,84-,85-,86-,87-,88-/m0/s1. The molecule has 24 N–H and O–H groups in total. The van der Waals surface area contributed by atoms with Crippen LogP contribution < -0.4 is 76.9 Å². The van der Waals surface area contributed by atoms with E-state index in [2.05, 4.69) is 52.5 Å². The van der Waals surface area contributed by atoms with Gasteiger partial charge in [0.25, 0.3) is 23.6 Å². The van der Waals surface area contributed by atoms with Gasteiger partial charge >= 0.3 is 11.9 Å². The molecule has 0 unspecified atom stereocenters. The molecule has 2 aliphatic heterocycles. The minimum atomic E-state index is -1.24. The summed E-state index contributed by atoms with van der Waals surface area (Å²) in [4.78, 5) is 160. The van der Waals surface area contributed by atoms with Crippen LogP contribution in [0.5, 0.6) is 11.5 Å². The van der Waals surface area contributed by atoms with Gasteiger partial charge in [-0.05, 0) is 297 Å². The van der Waals surface area contributed by atoms with Crippen LogP contribution in [0.25, 0.3) is 90.9 Å². The van der Waals surface area contributed by atoms with Gasteiger partial charge in [-0.2, -0.15) is 0 Å². The van der Waals surface area contributed by atoms with Crippen LogP contribution in [0.1, 0.15) is 191 Å². The molecule has 0 spiro atoms. The number of carbonyl (C=O) groups is 10. The summed E-state index contributed by atoms with van der Waals surface area (Å²) >= 11 is 0. The molecule has 3 aromatic heterocycles. The van der Waals surface area contributed by atoms with Crippen LogP contribution in [0.3, 0.4) is 0 Å². The van der Waals surface area contributed by atoms with Crippen LogP contribution in [0, 0.1) is 0 Å². The Kier molecular flexibility index (Phi) is 38.4. The summed E-state index contributed by atoms with van der Waals surface area (Å²) in [6.07, 6.45) is 18.0. The van der Waals surface area contributed by atoms with Gasteiger partial charge < -0.3 is 107 Å². The molecule has 32 heteroatoms. The lowest BCUT2D eigenvalue weighted by atomic mass is 10.0. The molecule has 9 aromatic rings. The van der Waals surface area contributed by atoms with E-state index in [0.29, 0.717) is 217 Å². The van der Waals surface area contributed by atoms with Crippen LogP contribution in [0.2, 0.25) is 0 Å². The van der Waals surface area contributed by atoms with Gasteiger partial charge in [0, 0.05) is 92.5 Å². The van der Waals surface area contributed by atoms with Crippen LogP contribution in [-0.4, -0.2) is 192 Å². The van der Waals surface area contributed by atoms with Gasteiger partial charge in [-0.25, -0.2) is 19.6 Å². The zero-order valence-electron chi connectivity index (χ0n) is 75.9. The predicted octanol–water partition coefficient (Wildman–Crippen LogP) is 9.94. The maximum Gasteiger partial charge on any atom is 0.328 e. The number of H-pyrrole nitrogens is 2. The van der Waals surface area contributed by atoms with Gasteiger partial charge in [0.15, 0.2) is 0 Å². The summed E-state index contributed by atoms with van der Waals surface area (Å²) in [5.74, 6) is -5.51. The van der Waals surface area contributed by atoms with Crippen LogP contribution in [0.4, 0.5) is 0 Å². The van der Waals surface area contributed by atoms with E-state index < -0.39 is 83.6 Å². The van der Waals surface area contributed by atoms with Crippen LogP contribution in [0.15, 0.2) is 170 Å². The Morgan fingerprint density at radius 2 is 0.552 bits per heavy atom. The molecule has 2 aliphatic rings. The molecule has 11 rings (SSSR count). The Bertz CT molecular complexity index is 5420. The molecule has 0 radical (unpaired) electrons. The zero-order valence-corrected chi connectivity index (χ0v) is 75.9. The number of ether oxygens (including phenoxy) is 2. The summed E-state index contributed by atoms with van der Waals surface area (Å²) in [6.45, 7) is 3.47. The average Bonchev–Trinajstić information content (AvgIpc) is 1.61. The lowest BCUT2D eigenvalue weighted by molar-refractivity contribution is -0.145. The number of benzene rings is 6. The molecule has 8 amide bonds.